The summed E-state index contributed by atoms with van der Waals surface area (Å²) in [5, 5.41) is 2.40. The van der Waals surface area contributed by atoms with Gasteiger partial charge in [0.25, 0.3) is 0 Å². The molecule has 218 valence electrons. The average Bonchev–Trinajstić information content (AvgIpc) is 3.61. The Balaban J connectivity index is 1.29. The Hall–Kier alpha value is -5.45. The van der Waals surface area contributed by atoms with Crippen LogP contribution in [0.5, 0.6) is 0 Å². The molecular weight excluding hydrogens is 579 g/mol. The Bertz CT molecular complexity index is 2380. The van der Waals surface area contributed by atoms with Crippen LogP contribution in [0.2, 0.25) is 0 Å². The third-order valence-electron chi connectivity index (χ3n) is 9.36. The number of aromatic nitrogens is 3. The standard InChI is InChI=1S/C42H29N3S/c1-42(2)34-19-11-9-17-30(34)33-25-28(21-24-35(33)42)29-22-23-32(37-31-18-10-12-20-36(31)46-38(29)37)41-44-39(26-13-5-3-6-14-26)43-40(45-41)27-15-7-4-8-16-27/h3-25H,1-2H3. The van der Waals surface area contributed by atoms with Crippen molar-refractivity contribution in [2.75, 3.05) is 0 Å². The van der Waals surface area contributed by atoms with Gasteiger partial charge in [-0.15, -0.1) is 11.3 Å². The largest absolute Gasteiger partial charge is 0.208 e. The number of hydrogen-bond acceptors (Lipinski definition) is 4. The average molecular weight is 608 g/mol. The van der Waals surface area contributed by atoms with Crippen LogP contribution in [-0.4, -0.2) is 15.0 Å². The zero-order chi connectivity index (χ0) is 30.8. The van der Waals surface area contributed by atoms with E-state index in [4.69, 9.17) is 15.0 Å². The summed E-state index contributed by atoms with van der Waals surface area (Å²) in [4.78, 5) is 15.2. The molecule has 0 fully saturated rings. The highest BCUT2D eigenvalue weighted by molar-refractivity contribution is 7.26. The molecular formula is C42H29N3S. The number of thiophene rings is 1. The van der Waals surface area contributed by atoms with E-state index in [-0.39, 0.29) is 5.41 Å². The fourth-order valence-electron chi connectivity index (χ4n) is 7.06. The van der Waals surface area contributed by atoms with Gasteiger partial charge in [0.15, 0.2) is 17.5 Å². The minimum atomic E-state index is -0.0210. The lowest BCUT2D eigenvalue weighted by atomic mass is 9.82. The molecule has 0 radical (unpaired) electrons. The monoisotopic (exact) mass is 607 g/mol. The van der Waals surface area contributed by atoms with E-state index in [1.807, 2.05) is 47.7 Å². The van der Waals surface area contributed by atoms with E-state index < -0.39 is 0 Å². The first kappa shape index (κ1) is 26.9. The van der Waals surface area contributed by atoms with Gasteiger partial charge in [0.05, 0.1) is 0 Å². The van der Waals surface area contributed by atoms with E-state index in [1.165, 1.54) is 53.6 Å². The summed E-state index contributed by atoms with van der Waals surface area (Å²) in [5.41, 5.74) is 10.8. The van der Waals surface area contributed by atoms with Crippen LogP contribution in [0.1, 0.15) is 25.0 Å². The molecule has 4 heteroatoms. The number of nitrogens with zero attached hydrogens (tertiary/aromatic N) is 3. The smallest absolute Gasteiger partial charge is 0.164 e. The topological polar surface area (TPSA) is 38.7 Å². The molecule has 1 aliphatic rings. The summed E-state index contributed by atoms with van der Waals surface area (Å²) < 4.78 is 2.49. The van der Waals surface area contributed by atoms with Crippen molar-refractivity contribution < 1.29 is 0 Å². The molecule has 0 saturated heterocycles. The number of rotatable bonds is 4. The van der Waals surface area contributed by atoms with Crippen LogP contribution < -0.4 is 0 Å². The van der Waals surface area contributed by atoms with Crippen molar-refractivity contribution in [1.82, 2.24) is 15.0 Å². The van der Waals surface area contributed by atoms with Crippen LogP contribution >= 0.6 is 11.3 Å². The fraction of sp³-hybridized carbons (Fsp3) is 0.0714. The van der Waals surface area contributed by atoms with Gasteiger partial charge in [-0.25, -0.2) is 15.0 Å². The van der Waals surface area contributed by atoms with Crippen molar-refractivity contribution in [3.8, 4) is 56.4 Å². The van der Waals surface area contributed by atoms with Gasteiger partial charge in [-0.2, -0.15) is 0 Å². The minimum absolute atomic E-state index is 0.0210. The molecule has 8 aromatic rings. The second-order valence-electron chi connectivity index (χ2n) is 12.4. The van der Waals surface area contributed by atoms with E-state index in [0.717, 1.165) is 16.7 Å². The Kier molecular flexibility index (Phi) is 6.02. The molecule has 46 heavy (non-hydrogen) atoms. The van der Waals surface area contributed by atoms with E-state index in [2.05, 4.69) is 117 Å². The normalized spacial score (nSPS) is 13.2. The summed E-state index contributed by atoms with van der Waals surface area (Å²) in [7, 11) is 0. The Labute approximate surface area is 271 Å². The van der Waals surface area contributed by atoms with Crippen LogP contribution in [0.4, 0.5) is 0 Å². The van der Waals surface area contributed by atoms with E-state index in [1.54, 1.807) is 0 Å². The van der Waals surface area contributed by atoms with Crippen molar-refractivity contribution in [2.45, 2.75) is 19.3 Å². The Morgan fingerprint density at radius 1 is 0.457 bits per heavy atom. The van der Waals surface area contributed by atoms with Crippen LogP contribution in [0, 0.1) is 0 Å². The number of hydrogen-bond donors (Lipinski definition) is 0. The zero-order valence-electron chi connectivity index (χ0n) is 25.5. The highest BCUT2D eigenvalue weighted by Crippen LogP contribution is 2.51. The molecule has 0 saturated carbocycles. The zero-order valence-corrected chi connectivity index (χ0v) is 26.3. The number of fused-ring (bicyclic) bond motifs is 6. The SMILES string of the molecule is CC1(C)c2ccccc2-c2cc(-c3ccc(-c4nc(-c5ccccc5)nc(-c5ccccc5)n4)c4c3sc3ccccc34)ccc21. The highest BCUT2D eigenvalue weighted by atomic mass is 32.1. The predicted molar refractivity (Wildman–Crippen MR) is 192 cm³/mol. The van der Waals surface area contributed by atoms with Crippen molar-refractivity contribution in [2.24, 2.45) is 0 Å². The molecule has 2 heterocycles. The summed E-state index contributed by atoms with van der Waals surface area (Å²) >= 11 is 1.84. The van der Waals surface area contributed by atoms with Crippen LogP contribution in [0.3, 0.4) is 0 Å². The van der Waals surface area contributed by atoms with E-state index in [9.17, 15) is 0 Å². The summed E-state index contributed by atoms with van der Waals surface area (Å²) in [6.07, 6.45) is 0. The van der Waals surface area contributed by atoms with Gasteiger partial charge in [-0.05, 0) is 51.6 Å². The van der Waals surface area contributed by atoms with Gasteiger partial charge in [0.1, 0.15) is 0 Å². The van der Waals surface area contributed by atoms with Gasteiger partial charge >= 0.3 is 0 Å². The molecule has 0 N–H and O–H groups in total. The molecule has 9 rings (SSSR count). The molecule has 0 spiro atoms. The number of benzene rings is 6. The van der Waals surface area contributed by atoms with Gasteiger partial charge in [0.2, 0.25) is 0 Å². The third-order valence-corrected chi connectivity index (χ3v) is 10.6. The molecule has 3 nitrogen and oxygen atoms in total. The molecule has 0 unspecified atom stereocenters. The molecule has 1 aliphatic carbocycles. The maximum atomic E-state index is 5.11. The fourth-order valence-corrected chi connectivity index (χ4v) is 8.32. The van der Waals surface area contributed by atoms with Gasteiger partial charge in [0, 0.05) is 42.3 Å². The van der Waals surface area contributed by atoms with Crippen LogP contribution in [-0.2, 0) is 5.41 Å². The molecule has 0 amide bonds. The van der Waals surface area contributed by atoms with Crippen molar-refractivity contribution in [1.29, 1.82) is 0 Å². The maximum absolute atomic E-state index is 5.11. The first-order chi connectivity index (χ1) is 22.6. The van der Waals surface area contributed by atoms with Gasteiger partial charge < -0.3 is 0 Å². The van der Waals surface area contributed by atoms with Gasteiger partial charge in [-0.1, -0.05) is 135 Å². The lowest BCUT2D eigenvalue weighted by Gasteiger charge is -2.21. The summed E-state index contributed by atoms with van der Waals surface area (Å²) in [6.45, 7) is 4.66. The second-order valence-corrected chi connectivity index (χ2v) is 13.5. The van der Waals surface area contributed by atoms with E-state index >= 15 is 0 Å². The quantitative estimate of drug-likeness (QED) is 0.200. The predicted octanol–water partition coefficient (Wildman–Crippen LogP) is 11.2. The van der Waals surface area contributed by atoms with Crippen LogP contribution in [0.25, 0.3) is 76.6 Å². The highest BCUT2D eigenvalue weighted by Gasteiger charge is 2.35. The van der Waals surface area contributed by atoms with Gasteiger partial charge in [-0.3, -0.25) is 0 Å². The summed E-state index contributed by atoms with van der Waals surface area (Å²) in [5.74, 6) is 2.01. The van der Waals surface area contributed by atoms with E-state index in [0.29, 0.717) is 17.5 Å². The third kappa shape index (κ3) is 4.14. The molecule has 0 bridgehead atoms. The first-order valence-corrected chi connectivity index (χ1v) is 16.4. The lowest BCUT2D eigenvalue weighted by Crippen LogP contribution is -2.14. The van der Waals surface area contributed by atoms with Crippen LogP contribution in [0.15, 0.2) is 140 Å². The Morgan fingerprint density at radius 2 is 1.04 bits per heavy atom. The maximum Gasteiger partial charge on any atom is 0.164 e. The van der Waals surface area contributed by atoms with Crippen molar-refractivity contribution in [3.05, 3.63) is 151 Å². The van der Waals surface area contributed by atoms with Crippen molar-refractivity contribution in [3.63, 3.8) is 0 Å². The molecule has 2 aromatic heterocycles. The lowest BCUT2D eigenvalue weighted by molar-refractivity contribution is 0.660. The Morgan fingerprint density at radius 3 is 1.78 bits per heavy atom. The first-order valence-electron chi connectivity index (χ1n) is 15.6. The second kappa shape index (κ2) is 10.3. The molecule has 0 aliphatic heterocycles. The molecule has 0 atom stereocenters. The molecule has 6 aromatic carbocycles. The van der Waals surface area contributed by atoms with Crippen molar-refractivity contribution >= 4 is 31.5 Å². The minimum Gasteiger partial charge on any atom is -0.208 e. The summed E-state index contributed by atoms with van der Waals surface area (Å²) in [6, 6.07) is 49.4.